The standard InChI is InChI=1S/C20H21ClF3NO3S/c21-15-5-8-17(9-6-15)29(27,28)25-16-7-10-18-13(2-1-3-14(18)12-16)4-11-19(26)20(22,23)24/h1-3,5-6,8-9,16,19,25-26H,4,7,10-12H2/t16-,19+/m1/s1. The topological polar surface area (TPSA) is 66.4 Å². The number of benzene rings is 2. The molecule has 29 heavy (non-hydrogen) atoms. The minimum atomic E-state index is -4.63. The van der Waals surface area contributed by atoms with E-state index >= 15 is 0 Å². The van der Waals surface area contributed by atoms with E-state index in [1.807, 2.05) is 6.07 Å². The Morgan fingerprint density at radius 1 is 1.17 bits per heavy atom. The van der Waals surface area contributed by atoms with Crippen molar-refractivity contribution in [3.05, 3.63) is 64.2 Å². The molecule has 0 spiro atoms. The predicted octanol–water partition coefficient (Wildman–Crippen LogP) is 4.03. The second-order valence-corrected chi connectivity index (χ2v) is 9.32. The van der Waals surface area contributed by atoms with Crippen LogP contribution < -0.4 is 4.72 Å². The molecule has 1 aliphatic rings. The molecule has 0 aromatic heterocycles. The molecule has 2 atom stereocenters. The Labute approximate surface area is 172 Å². The molecule has 0 aliphatic heterocycles. The molecule has 3 rings (SSSR count). The van der Waals surface area contributed by atoms with E-state index in [0.717, 1.165) is 16.7 Å². The number of hydrogen-bond acceptors (Lipinski definition) is 3. The fourth-order valence-electron chi connectivity index (χ4n) is 3.58. The van der Waals surface area contributed by atoms with E-state index in [0.29, 0.717) is 24.3 Å². The Balaban J connectivity index is 1.69. The van der Waals surface area contributed by atoms with Crippen molar-refractivity contribution < 1.29 is 26.7 Å². The molecular weight excluding hydrogens is 427 g/mol. The van der Waals surface area contributed by atoms with Crippen LogP contribution >= 0.6 is 11.6 Å². The third kappa shape index (κ3) is 5.51. The summed E-state index contributed by atoms with van der Waals surface area (Å²) in [4.78, 5) is 0.127. The minimum Gasteiger partial charge on any atom is -0.384 e. The van der Waals surface area contributed by atoms with Gasteiger partial charge in [-0.25, -0.2) is 13.1 Å². The zero-order valence-corrected chi connectivity index (χ0v) is 17.0. The maximum Gasteiger partial charge on any atom is 0.414 e. The maximum atomic E-state index is 12.6. The van der Waals surface area contributed by atoms with Gasteiger partial charge in [-0.2, -0.15) is 13.2 Å². The molecule has 0 radical (unpaired) electrons. The molecule has 0 heterocycles. The Morgan fingerprint density at radius 2 is 1.86 bits per heavy atom. The number of aliphatic hydroxyl groups is 1. The summed E-state index contributed by atoms with van der Waals surface area (Å²) in [5.41, 5.74) is 2.63. The van der Waals surface area contributed by atoms with Gasteiger partial charge in [0.1, 0.15) is 6.10 Å². The average Bonchev–Trinajstić information content (AvgIpc) is 2.65. The summed E-state index contributed by atoms with van der Waals surface area (Å²) in [5.74, 6) is 0. The molecular formula is C20H21ClF3NO3S. The summed E-state index contributed by atoms with van der Waals surface area (Å²) in [7, 11) is -3.69. The lowest BCUT2D eigenvalue weighted by molar-refractivity contribution is -0.205. The summed E-state index contributed by atoms with van der Waals surface area (Å²) in [6, 6.07) is 11.0. The number of halogens is 4. The molecule has 2 N–H and O–H groups in total. The molecule has 0 saturated heterocycles. The number of sulfonamides is 1. The van der Waals surface area contributed by atoms with Gasteiger partial charge >= 0.3 is 6.18 Å². The lowest BCUT2D eigenvalue weighted by Crippen LogP contribution is -2.39. The van der Waals surface area contributed by atoms with Crippen LogP contribution in [0, 0.1) is 0 Å². The highest BCUT2D eigenvalue weighted by Gasteiger charge is 2.37. The van der Waals surface area contributed by atoms with Gasteiger partial charge in [0.2, 0.25) is 10.0 Å². The number of aliphatic hydroxyl groups excluding tert-OH is 1. The highest BCUT2D eigenvalue weighted by atomic mass is 35.5. The fraction of sp³-hybridized carbons (Fsp3) is 0.400. The molecule has 1 aliphatic carbocycles. The normalized spacial score (nSPS) is 18.3. The molecule has 4 nitrogen and oxygen atoms in total. The zero-order valence-electron chi connectivity index (χ0n) is 15.4. The average molecular weight is 448 g/mol. The maximum absolute atomic E-state index is 12.6. The number of hydrogen-bond donors (Lipinski definition) is 2. The first kappa shape index (κ1) is 22.1. The van der Waals surface area contributed by atoms with E-state index in [1.54, 1.807) is 12.1 Å². The van der Waals surface area contributed by atoms with Crippen LogP contribution in [-0.4, -0.2) is 31.8 Å². The largest absolute Gasteiger partial charge is 0.414 e. The molecule has 0 fully saturated rings. The van der Waals surface area contributed by atoms with Crippen molar-refractivity contribution in [1.29, 1.82) is 0 Å². The Bertz CT molecular complexity index is 962. The fourth-order valence-corrected chi connectivity index (χ4v) is 4.97. The summed E-state index contributed by atoms with van der Waals surface area (Å²) >= 11 is 5.80. The van der Waals surface area contributed by atoms with Crippen molar-refractivity contribution in [2.75, 3.05) is 0 Å². The third-order valence-corrected chi connectivity index (χ3v) is 6.88. The molecule has 158 valence electrons. The molecule has 0 saturated carbocycles. The van der Waals surface area contributed by atoms with Crippen LogP contribution in [0.1, 0.15) is 29.5 Å². The molecule has 2 aromatic rings. The van der Waals surface area contributed by atoms with E-state index in [-0.39, 0.29) is 17.4 Å². The van der Waals surface area contributed by atoms with Crippen molar-refractivity contribution >= 4 is 21.6 Å². The molecule has 0 amide bonds. The van der Waals surface area contributed by atoms with E-state index in [4.69, 9.17) is 11.6 Å². The molecule has 2 aromatic carbocycles. The second-order valence-electron chi connectivity index (χ2n) is 7.17. The van der Waals surface area contributed by atoms with E-state index in [9.17, 15) is 26.7 Å². The van der Waals surface area contributed by atoms with Gasteiger partial charge in [0.25, 0.3) is 0 Å². The zero-order chi connectivity index (χ0) is 21.2. The van der Waals surface area contributed by atoms with Gasteiger partial charge < -0.3 is 5.11 Å². The van der Waals surface area contributed by atoms with Crippen LogP contribution in [0.5, 0.6) is 0 Å². The summed E-state index contributed by atoms with van der Waals surface area (Å²) in [5, 5.41) is 9.68. The van der Waals surface area contributed by atoms with Gasteiger partial charge in [0.05, 0.1) is 4.90 Å². The number of aryl methyl sites for hydroxylation is 1. The van der Waals surface area contributed by atoms with Gasteiger partial charge in [-0.3, -0.25) is 0 Å². The summed E-state index contributed by atoms with van der Waals surface area (Å²) < 4.78 is 65.5. The number of fused-ring (bicyclic) bond motifs is 1. The first-order chi connectivity index (χ1) is 13.6. The number of rotatable bonds is 6. The highest BCUT2D eigenvalue weighted by Crippen LogP contribution is 2.29. The first-order valence-corrected chi connectivity index (χ1v) is 11.0. The van der Waals surface area contributed by atoms with Crippen molar-refractivity contribution in [3.63, 3.8) is 0 Å². The predicted molar refractivity (Wildman–Crippen MR) is 104 cm³/mol. The molecule has 0 unspecified atom stereocenters. The first-order valence-electron chi connectivity index (χ1n) is 9.18. The summed E-state index contributed by atoms with van der Waals surface area (Å²) in [6.07, 6.45) is -5.70. The van der Waals surface area contributed by atoms with Crippen molar-refractivity contribution in [3.8, 4) is 0 Å². The van der Waals surface area contributed by atoms with Crippen molar-refractivity contribution in [1.82, 2.24) is 4.72 Å². The van der Waals surface area contributed by atoms with Crippen LogP contribution in [0.2, 0.25) is 5.02 Å². The molecule has 9 heteroatoms. The van der Waals surface area contributed by atoms with E-state index < -0.39 is 28.7 Å². The van der Waals surface area contributed by atoms with Crippen LogP contribution in [0.3, 0.4) is 0 Å². The monoisotopic (exact) mass is 447 g/mol. The van der Waals surface area contributed by atoms with Crippen LogP contribution in [0.15, 0.2) is 47.4 Å². The van der Waals surface area contributed by atoms with Crippen molar-refractivity contribution in [2.45, 2.75) is 55.3 Å². The number of alkyl halides is 3. The number of nitrogens with one attached hydrogen (secondary N) is 1. The quantitative estimate of drug-likeness (QED) is 0.702. The SMILES string of the molecule is O=S(=O)(N[C@@H]1CCc2c(CC[C@H](O)C(F)(F)F)cccc2C1)c1ccc(Cl)cc1. The second kappa shape index (κ2) is 8.63. The van der Waals surface area contributed by atoms with Crippen LogP contribution in [0.25, 0.3) is 0 Å². The van der Waals surface area contributed by atoms with Crippen LogP contribution in [-0.2, 0) is 29.3 Å². The minimum absolute atomic E-state index is 0.116. The van der Waals surface area contributed by atoms with Crippen molar-refractivity contribution in [2.24, 2.45) is 0 Å². The van der Waals surface area contributed by atoms with E-state index in [1.165, 1.54) is 24.3 Å². The van der Waals surface area contributed by atoms with Crippen LogP contribution in [0.4, 0.5) is 13.2 Å². The van der Waals surface area contributed by atoms with E-state index in [2.05, 4.69) is 4.72 Å². The Hall–Kier alpha value is -1.61. The highest BCUT2D eigenvalue weighted by molar-refractivity contribution is 7.89. The van der Waals surface area contributed by atoms with Gasteiger partial charge in [-0.15, -0.1) is 0 Å². The lowest BCUT2D eigenvalue weighted by atomic mass is 9.84. The van der Waals surface area contributed by atoms with Gasteiger partial charge in [0.15, 0.2) is 0 Å². The Morgan fingerprint density at radius 3 is 2.52 bits per heavy atom. The Kier molecular flexibility index (Phi) is 6.57. The summed E-state index contributed by atoms with van der Waals surface area (Å²) in [6.45, 7) is 0. The van der Waals surface area contributed by atoms with Gasteiger partial charge in [-0.05, 0) is 73.1 Å². The lowest BCUT2D eigenvalue weighted by Gasteiger charge is -2.27. The van der Waals surface area contributed by atoms with Gasteiger partial charge in [-0.1, -0.05) is 29.8 Å². The van der Waals surface area contributed by atoms with Gasteiger partial charge in [0, 0.05) is 11.1 Å². The third-order valence-electron chi connectivity index (χ3n) is 5.09. The molecule has 0 bridgehead atoms. The smallest absolute Gasteiger partial charge is 0.384 e.